The van der Waals surface area contributed by atoms with Gasteiger partial charge in [-0.2, -0.15) is 0 Å². The maximum absolute atomic E-state index is 2.75. The van der Waals surface area contributed by atoms with Crippen LogP contribution in [0.5, 0.6) is 0 Å². The largest absolute Gasteiger partial charge is 0.123 e. The van der Waals surface area contributed by atoms with Crippen LogP contribution in [0.1, 0.15) is 37.5 Å². The number of allylic oxidation sites excluding steroid dienone is 5. The molecule has 0 aromatic heterocycles. The summed E-state index contributed by atoms with van der Waals surface area (Å²) in [5.41, 5.74) is 11.2. The second kappa shape index (κ2) is 15.1. The molecule has 266 valence electrons. The van der Waals surface area contributed by atoms with Crippen molar-refractivity contribution in [2.24, 2.45) is 11.8 Å². The molecule has 0 nitrogen and oxygen atoms in total. The first kappa shape index (κ1) is 37.7. The Balaban J connectivity index is 1.80. The van der Waals surface area contributed by atoms with Crippen LogP contribution in [0.25, 0.3) is 16.7 Å². The van der Waals surface area contributed by atoms with Crippen LogP contribution in [0, 0.1) is 11.8 Å². The molecule has 0 fully saturated rings. The van der Waals surface area contributed by atoms with Gasteiger partial charge in [0, 0.05) is 5.92 Å². The Kier molecular flexibility index (Phi) is 11.0. The van der Waals surface area contributed by atoms with Gasteiger partial charge in [0.2, 0.25) is 0 Å². The molecule has 0 radical (unpaired) electrons. The normalized spacial score (nSPS) is 17.6. The molecule has 5 aromatic rings. The Bertz CT molecular complexity index is 1980. The molecule has 0 heterocycles. The minimum atomic E-state index is -2.52. The van der Waals surface area contributed by atoms with Gasteiger partial charge < -0.3 is 0 Å². The van der Waals surface area contributed by atoms with Gasteiger partial charge in [0.15, 0.2) is 0 Å². The van der Waals surface area contributed by atoms with Gasteiger partial charge in [-0.3, -0.25) is 0 Å². The van der Waals surface area contributed by atoms with Crippen molar-refractivity contribution in [3.63, 3.8) is 0 Å². The molecule has 52 heavy (non-hydrogen) atoms. The minimum absolute atomic E-state index is 0.0428. The molecule has 0 amide bonds. The molecule has 2 atom stereocenters. The Morgan fingerprint density at radius 3 is 1.40 bits per heavy atom. The number of benzene rings is 5. The van der Waals surface area contributed by atoms with Crippen LogP contribution in [0.15, 0.2) is 169 Å². The van der Waals surface area contributed by atoms with Gasteiger partial charge in [-0.25, -0.2) is 0 Å². The van der Waals surface area contributed by atoms with Crippen molar-refractivity contribution in [2.75, 3.05) is 0 Å². The fraction of sp³-hybridized carbons (Fsp3) is 0.265. The maximum Gasteiger partial charge on any atom is 0.123 e. The zero-order chi connectivity index (χ0) is 37.1. The van der Waals surface area contributed by atoms with E-state index in [0.29, 0.717) is 5.92 Å². The summed E-state index contributed by atoms with van der Waals surface area (Å²) in [6.07, 6.45) is 2.63. The third-order valence-electron chi connectivity index (χ3n) is 11.1. The Hall–Kier alpha value is -4.03. The van der Waals surface area contributed by atoms with Gasteiger partial charge in [-0.15, -0.1) is 0 Å². The van der Waals surface area contributed by atoms with E-state index in [9.17, 15) is 0 Å². The summed E-state index contributed by atoms with van der Waals surface area (Å²) >= 11 is 0. The third-order valence-corrected chi connectivity index (χ3v) is 20.8. The summed E-state index contributed by atoms with van der Waals surface area (Å²) < 4.78 is 0. The Labute approximate surface area is 318 Å². The van der Waals surface area contributed by atoms with E-state index >= 15 is 0 Å². The summed E-state index contributed by atoms with van der Waals surface area (Å²) in [5, 5.41) is 4.83. The molecule has 0 N–H and O–H groups in total. The lowest BCUT2D eigenvalue weighted by molar-refractivity contribution is 0.595. The van der Waals surface area contributed by atoms with Crippen LogP contribution in [-0.2, 0) is 0 Å². The first-order chi connectivity index (χ1) is 24.7. The fourth-order valence-electron chi connectivity index (χ4n) is 9.02. The summed E-state index contributed by atoms with van der Waals surface area (Å²) in [6.45, 7) is 22.9. The zero-order valence-corrected chi connectivity index (χ0v) is 36.0. The fourth-order valence-corrected chi connectivity index (χ4v) is 18.7. The molecule has 0 saturated heterocycles. The molecular formula is C49H58Si3. The molecule has 1 aliphatic carbocycles. The second-order valence-corrected chi connectivity index (χ2v) is 32.8. The molecule has 1 aliphatic rings. The molecule has 0 spiro atoms. The van der Waals surface area contributed by atoms with Gasteiger partial charge >= 0.3 is 0 Å². The molecule has 0 unspecified atom stereocenters. The predicted molar refractivity (Wildman–Crippen MR) is 238 cm³/mol. The van der Waals surface area contributed by atoms with Gasteiger partial charge in [0.05, 0.1) is 16.1 Å². The van der Waals surface area contributed by atoms with Crippen LogP contribution in [0.4, 0.5) is 0 Å². The van der Waals surface area contributed by atoms with Gasteiger partial charge in [-0.1, -0.05) is 239 Å². The average molecular weight is 731 g/mol. The Morgan fingerprint density at radius 1 is 0.558 bits per heavy atom. The van der Waals surface area contributed by atoms with Crippen molar-refractivity contribution in [3.8, 4) is 0 Å². The van der Waals surface area contributed by atoms with Crippen molar-refractivity contribution in [2.45, 2.75) is 71.1 Å². The number of hydrogen-bond donors (Lipinski definition) is 0. The average Bonchev–Trinajstić information content (AvgIpc) is 3.13. The number of hydrogen-bond acceptors (Lipinski definition) is 0. The Morgan fingerprint density at radius 2 is 0.981 bits per heavy atom. The van der Waals surface area contributed by atoms with Crippen molar-refractivity contribution in [1.29, 1.82) is 0 Å². The quantitative estimate of drug-likeness (QED) is 0.126. The summed E-state index contributed by atoms with van der Waals surface area (Å²) in [6, 6.07) is 58.6. The van der Waals surface area contributed by atoms with Crippen LogP contribution >= 0.6 is 0 Å². The van der Waals surface area contributed by atoms with Gasteiger partial charge in [0.25, 0.3) is 0 Å². The zero-order valence-electron chi connectivity index (χ0n) is 33.0. The predicted octanol–water partition coefficient (Wildman–Crippen LogP) is 12.7. The molecule has 6 rings (SSSR count). The molecule has 0 saturated carbocycles. The summed E-state index contributed by atoms with van der Waals surface area (Å²) in [5.74, 6) is 0.503. The van der Waals surface area contributed by atoms with E-state index < -0.39 is 24.2 Å². The summed E-state index contributed by atoms with van der Waals surface area (Å²) in [4.78, 5) is 0. The molecular weight excluding hydrogens is 673 g/mol. The van der Waals surface area contributed by atoms with E-state index in [1.165, 1.54) is 43.8 Å². The highest BCUT2D eigenvalue weighted by Crippen LogP contribution is 2.55. The smallest absolute Gasteiger partial charge is 0.0906 e. The van der Waals surface area contributed by atoms with Crippen molar-refractivity contribution >= 4 is 51.3 Å². The highest BCUT2D eigenvalue weighted by molar-refractivity contribution is 7.04. The van der Waals surface area contributed by atoms with Gasteiger partial charge in [-0.05, 0) is 50.4 Å². The van der Waals surface area contributed by atoms with E-state index in [1.807, 2.05) is 0 Å². The van der Waals surface area contributed by atoms with E-state index in [0.717, 1.165) is 6.04 Å². The third kappa shape index (κ3) is 7.83. The van der Waals surface area contributed by atoms with E-state index in [4.69, 9.17) is 0 Å². The van der Waals surface area contributed by atoms with Crippen molar-refractivity contribution < 1.29 is 0 Å². The maximum atomic E-state index is 2.75. The highest BCUT2D eigenvalue weighted by atomic mass is 28.3. The SMILES string of the molecule is CC(C)(C)[Si](C[C@@H]1C([Si](C)(C)C)=C(c2ccccc2)C=C(c2ccccc2)[C@H]1/C(=C/[Si](C)(C)C)c1ccccc1)(c1ccccc1)c1ccccc1. The monoisotopic (exact) mass is 730 g/mol. The van der Waals surface area contributed by atoms with Gasteiger partial charge in [0.1, 0.15) is 8.07 Å². The van der Waals surface area contributed by atoms with Crippen molar-refractivity contribution in [1.82, 2.24) is 0 Å². The van der Waals surface area contributed by atoms with E-state index in [1.54, 1.807) is 5.20 Å². The number of rotatable bonds is 10. The molecule has 0 bridgehead atoms. The van der Waals surface area contributed by atoms with Crippen LogP contribution in [0.2, 0.25) is 50.4 Å². The van der Waals surface area contributed by atoms with Crippen LogP contribution in [-0.4, -0.2) is 24.2 Å². The highest BCUT2D eigenvalue weighted by Gasteiger charge is 2.53. The van der Waals surface area contributed by atoms with E-state index in [-0.39, 0.29) is 11.0 Å². The first-order valence-electron chi connectivity index (χ1n) is 19.2. The lowest BCUT2D eigenvalue weighted by atomic mass is 9.71. The lowest BCUT2D eigenvalue weighted by Gasteiger charge is -2.51. The molecule has 0 aliphatic heterocycles. The van der Waals surface area contributed by atoms with Crippen LogP contribution in [0.3, 0.4) is 0 Å². The molecule has 3 heteroatoms. The standard InChI is InChI=1S/C49H58Si3/c1-49(2,3)52(41-31-21-13-22-32-41,42-33-23-14-24-34-42)37-46-47(45(36-50(4,5)6)40-29-19-12-20-30-40)43(38-25-15-10-16-26-38)35-44(48(46)51(7,8)9)39-27-17-11-18-28-39/h10-36,46-47H,37H2,1-9H3/b45-36+/t46-,47-/m0/s1. The molecule has 5 aromatic carbocycles. The van der Waals surface area contributed by atoms with Crippen molar-refractivity contribution in [3.05, 3.63) is 185 Å². The topological polar surface area (TPSA) is 0 Å². The van der Waals surface area contributed by atoms with E-state index in [2.05, 4.69) is 223 Å². The second-order valence-electron chi connectivity index (χ2n) is 17.9. The van der Waals surface area contributed by atoms with Crippen LogP contribution < -0.4 is 10.4 Å². The minimum Gasteiger partial charge on any atom is -0.0906 e. The summed E-state index contributed by atoms with van der Waals surface area (Å²) in [7, 11) is -6.19. The lowest BCUT2D eigenvalue weighted by Crippen LogP contribution is -2.65. The first-order valence-corrected chi connectivity index (χ1v) is 28.5.